The highest BCUT2D eigenvalue weighted by molar-refractivity contribution is 7.12. The van der Waals surface area contributed by atoms with E-state index in [0.717, 1.165) is 16.2 Å². The molecule has 4 nitrogen and oxygen atoms in total. The van der Waals surface area contributed by atoms with Gasteiger partial charge in [0.1, 0.15) is 11.7 Å². The number of allylic oxidation sites excluding steroid dienone is 2. The molecule has 2 aliphatic rings. The number of ketones is 1. The van der Waals surface area contributed by atoms with Gasteiger partial charge in [-0.2, -0.15) is 5.26 Å². The van der Waals surface area contributed by atoms with Gasteiger partial charge in [-0.15, -0.1) is 11.3 Å². The number of hydrogen-bond donors (Lipinski definition) is 1. The van der Waals surface area contributed by atoms with E-state index in [2.05, 4.69) is 6.07 Å². The lowest BCUT2D eigenvalue weighted by Gasteiger charge is -2.33. The molecule has 0 amide bonds. The number of ether oxygens (including phenoxy) is 1. The minimum atomic E-state index is -0.700. The number of Topliss-reactive ketones (excluding diaryl/α,β-unsaturated/α-hetero) is 1. The third-order valence-electron chi connectivity index (χ3n) is 3.78. The van der Waals surface area contributed by atoms with Crippen LogP contribution < -0.4 is 0 Å². The van der Waals surface area contributed by atoms with E-state index in [-0.39, 0.29) is 17.6 Å². The molecule has 102 valence electrons. The first-order valence-electron chi connectivity index (χ1n) is 6.60. The fourth-order valence-electron chi connectivity index (χ4n) is 2.86. The predicted molar refractivity (Wildman–Crippen MR) is 75.6 cm³/mol. The highest BCUT2D eigenvalue weighted by Gasteiger charge is 2.42. The molecule has 0 fully saturated rings. The molecule has 2 unspecified atom stereocenters. The van der Waals surface area contributed by atoms with E-state index >= 15 is 0 Å². The molecule has 1 aromatic heterocycles. The van der Waals surface area contributed by atoms with Crippen molar-refractivity contribution >= 4 is 23.0 Å². The molecule has 0 saturated carbocycles. The predicted octanol–water partition coefficient (Wildman–Crippen LogP) is 3.29. The molecule has 2 atom stereocenters. The van der Waals surface area contributed by atoms with Gasteiger partial charge >= 0.3 is 0 Å². The van der Waals surface area contributed by atoms with Crippen molar-refractivity contribution in [3.05, 3.63) is 33.2 Å². The Morgan fingerprint density at radius 1 is 1.45 bits per heavy atom. The van der Waals surface area contributed by atoms with Gasteiger partial charge in [0.15, 0.2) is 5.78 Å². The summed E-state index contributed by atoms with van der Waals surface area (Å²) in [7, 11) is 0. The van der Waals surface area contributed by atoms with E-state index in [0.29, 0.717) is 24.2 Å². The van der Waals surface area contributed by atoms with Crippen LogP contribution in [0.4, 0.5) is 0 Å². The molecule has 1 aliphatic carbocycles. The maximum atomic E-state index is 12.3. The zero-order valence-electron chi connectivity index (χ0n) is 11.1. The van der Waals surface area contributed by atoms with Crippen molar-refractivity contribution in [2.45, 2.75) is 32.1 Å². The third-order valence-corrected chi connectivity index (χ3v) is 4.86. The van der Waals surface area contributed by atoms with Crippen molar-refractivity contribution in [1.29, 1.82) is 10.7 Å². The molecule has 5 heteroatoms. The Labute approximate surface area is 121 Å². The van der Waals surface area contributed by atoms with E-state index in [1.165, 1.54) is 0 Å². The lowest BCUT2D eigenvalue weighted by atomic mass is 9.77. The van der Waals surface area contributed by atoms with Gasteiger partial charge in [-0.25, -0.2) is 0 Å². The number of thiophene rings is 1. The van der Waals surface area contributed by atoms with Crippen LogP contribution in [0.2, 0.25) is 0 Å². The number of carbonyl (C=O) groups is 1. The minimum absolute atomic E-state index is 0.0306. The van der Waals surface area contributed by atoms with Gasteiger partial charge in [0.2, 0.25) is 5.90 Å². The molecule has 0 bridgehead atoms. The average Bonchev–Trinajstić information content (AvgIpc) is 2.84. The Morgan fingerprint density at radius 3 is 2.90 bits per heavy atom. The van der Waals surface area contributed by atoms with Crippen molar-refractivity contribution < 1.29 is 9.53 Å². The minimum Gasteiger partial charge on any atom is -0.446 e. The fraction of sp³-hybridized carbons (Fsp3) is 0.400. The van der Waals surface area contributed by atoms with Crippen LogP contribution >= 0.6 is 11.3 Å². The third kappa shape index (κ3) is 1.97. The number of nitrogens with one attached hydrogen (secondary N) is 1. The number of nitrogens with zero attached hydrogens (tertiary/aromatic N) is 1. The monoisotopic (exact) mass is 286 g/mol. The van der Waals surface area contributed by atoms with Gasteiger partial charge in [-0.1, -0.05) is 0 Å². The second kappa shape index (κ2) is 4.88. The zero-order chi connectivity index (χ0) is 14.3. The van der Waals surface area contributed by atoms with Gasteiger partial charge in [0.05, 0.1) is 6.07 Å². The first kappa shape index (κ1) is 13.1. The van der Waals surface area contributed by atoms with Gasteiger partial charge < -0.3 is 4.74 Å². The number of nitriles is 1. The first-order chi connectivity index (χ1) is 9.61. The van der Waals surface area contributed by atoms with E-state index < -0.39 is 5.92 Å². The summed E-state index contributed by atoms with van der Waals surface area (Å²) in [5, 5.41) is 17.3. The molecule has 1 aliphatic heterocycles. The van der Waals surface area contributed by atoms with Crippen molar-refractivity contribution in [1.82, 2.24) is 0 Å². The maximum Gasteiger partial charge on any atom is 0.205 e. The van der Waals surface area contributed by atoms with Crippen molar-refractivity contribution in [2.75, 3.05) is 0 Å². The van der Waals surface area contributed by atoms with Crippen molar-refractivity contribution in [3.8, 4) is 6.07 Å². The summed E-state index contributed by atoms with van der Waals surface area (Å²) in [6.07, 6.45) is 1.95. The van der Waals surface area contributed by atoms with Crippen LogP contribution in [0, 0.1) is 29.6 Å². The summed E-state index contributed by atoms with van der Waals surface area (Å²) in [4.78, 5) is 14.4. The Kier molecular flexibility index (Phi) is 3.19. The molecule has 2 heterocycles. The summed E-state index contributed by atoms with van der Waals surface area (Å²) < 4.78 is 5.45. The van der Waals surface area contributed by atoms with Crippen molar-refractivity contribution in [2.24, 2.45) is 5.92 Å². The lowest BCUT2D eigenvalue weighted by molar-refractivity contribution is -0.116. The molecule has 3 rings (SSSR count). The van der Waals surface area contributed by atoms with Gasteiger partial charge in [0, 0.05) is 34.1 Å². The molecule has 20 heavy (non-hydrogen) atoms. The summed E-state index contributed by atoms with van der Waals surface area (Å²) in [6.45, 7) is 2.00. The van der Waals surface area contributed by atoms with Gasteiger partial charge in [-0.05, 0) is 25.5 Å². The average molecular weight is 286 g/mol. The van der Waals surface area contributed by atoms with E-state index in [9.17, 15) is 10.1 Å². The summed E-state index contributed by atoms with van der Waals surface area (Å²) >= 11 is 1.58. The molecule has 0 spiro atoms. The standard InChI is InChI=1S/C15H14N2O2S/c1-8-5-6-12(20-8)13-9(7-16)15(17)19-11-4-2-3-10(18)14(11)13/h5-6,9,13,17H,2-4H2,1H3. The number of aryl methyl sites for hydroxylation is 1. The fourth-order valence-corrected chi connectivity index (χ4v) is 3.89. The highest BCUT2D eigenvalue weighted by atomic mass is 32.1. The van der Waals surface area contributed by atoms with Crippen molar-refractivity contribution in [3.63, 3.8) is 0 Å². The lowest BCUT2D eigenvalue weighted by Crippen LogP contribution is -2.34. The van der Waals surface area contributed by atoms with Crippen LogP contribution in [0.5, 0.6) is 0 Å². The highest BCUT2D eigenvalue weighted by Crippen LogP contribution is 2.45. The maximum absolute atomic E-state index is 12.3. The molecule has 1 aromatic rings. The summed E-state index contributed by atoms with van der Waals surface area (Å²) in [5.41, 5.74) is 0.626. The van der Waals surface area contributed by atoms with E-state index in [1.807, 2.05) is 19.1 Å². The second-order valence-corrected chi connectivity index (χ2v) is 6.43. The van der Waals surface area contributed by atoms with Crippen LogP contribution in [-0.4, -0.2) is 11.7 Å². The normalized spacial score (nSPS) is 26.0. The van der Waals surface area contributed by atoms with E-state index in [1.54, 1.807) is 11.3 Å². The number of hydrogen-bond acceptors (Lipinski definition) is 5. The molecular formula is C15H14N2O2S. The summed E-state index contributed by atoms with van der Waals surface area (Å²) in [6, 6.07) is 6.08. The Balaban J connectivity index is 2.16. The zero-order valence-corrected chi connectivity index (χ0v) is 11.9. The van der Waals surface area contributed by atoms with Crippen LogP contribution in [-0.2, 0) is 9.53 Å². The smallest absolute Gasteiger partial charge is 0.205 e. The molecule has 0 saturated heterocycles. The number of rotatable bonds is 1. The Bertz CT molecular complexity index is 666. The molecule has 0 aromatic carbocycles. The van der Waals surface area contributed by atoms with Crippen LogP contribution in [0.15, 0.2) is 23.5 Å². The quantitative estimate of drug-likeness (QED) is 0.860. The van der Waals surface area contributed by atoms with Gasteiger partial charge in [0.25, 0.3) is 0 Å². The second-order valence-electron chi connectivity index (χ2n) is 5.11. The van der Waals surface area contributed by atoms with Crippen LogP contribution in [0.1, 0.15) is 34.9 Å². The van der Waals surface area contributed by atoms with Crippen LogP contribution in [0.3, 0.4) is 0 Å². The molecule has 0 radical (unpaired) electrons. The molecular weight excluding hydrogens is 272 g/mol. The first-order valence-corrected chi connectivity index (χ1v) is 7.42. The largest absolute Gasteiger partial charge is 0.446 e. The summed E-state index contributed by atoms with van der Waals surface area (Å²) in [5.74, 6) is -0.391. The number of carbonyl (C=O) groups excluding carboxylic acids is 1. The Morgan fingerprint density at radius 2 is 2.25 bits per heavy atom. The van der Waals surface area contributed by atoms with Gasteiger partial charge in [-0.3, -0.25) is 10.2 Å². The Hall–Kier alpha value is -1.93. The molecule has 1 N–H and O–H groups in total. The van der Waals surface area contributed by atoms with E-state index in [4.69, 9.17) is 10.1 Å². The SMILES string of the molecule is Cc1ccc(C2C3=C(CCCC3=O)OC(=N)C2C#N)s1. The van der Waals surface area contributed by atoms with Crippen LogP contribution in [0.25, 0.3) is 0 Å². The topological polar surface area (TPSA) is 73.9 Å².